The normalized spacial score (nSPS) is 10.8. The Morgan fingerprint density at radius 3 is 2.54 bits per heavy atom. The van der Waals surface area contributed by atoms with Gasteiger partial charge in [-0.1, -0.05) is 40.2 Å². The Morgan fingerprint density at radius 2 is 1.82 bits per heavy atom. The molecule has 6 nitrogen and oxygen atoms in total. The number of fused-ring (bicyclic) bond motifs is 1. The van der Waals surface area contributed by atoms with E-state index < -0.39 is 0 Å². The second-order valence-electron chi connectivity index (χ2n) is 6.18. The molecule has 2 aromatic carbocycles. The molecule has 0 spiro atoms. The number of hydrogen-bond acceptors (Lipinski definition) is 4. The van der Waals surface area contributed by atoms with E-state index >= 15 is 0 Å². The first-order valence-corrected chi connectivity index (χ1v) is 9.32. The maximum atomic E-state index is 12.9. The van der Waals surface area contributed by atoms with E-state index in [0.717, 1.165) is 10.0 Å². The van der Waals surface area contributed by atoms with Crippen molar-refractivity contribution >= 4 is 38.6 Å². The number of nitrogens with one attached hydrogen (secondary N) is 1. The maximum Gasteiger partial charge on any atom is 0.261 e. The minimum absolute atomic E-state index is 0.213. The van der Waals surface area contributed by atoms with Crippen LogP contribution in [0.3, 0.4) is 0 Å². The van der Waals surface area contributed by atoms with Crippen LogP contribution in [0.1, 0.15) is 10.4 Å². The Bertz CT molecular complexity index is 1240. The molecule has 0 atom stereocenters. The summed E-state index contributed by atoms with van der Waals surface area (Å²) in [6.45, 7) is 0. The molecule has 0 aliphatic rings. The topological polar surface area (TPSA) is 76.9 Å². The van der Waals surface area contributed by atoms with Gasteiger partial charge in [0, 0.05) is 23.3 Å². The number of aromatic nitrogens is 3. The summed E-state index contributed by atoms with van der Waals surface area (Å²) in [7, 11) is 1.67. The molecule has 0 saturated heterocycles. The fourth-order valence-corrected chi connectivity index (χ4v) is 3.22. The number of carbonyl (C=O) groups excluding carboxylic acids is 1. The van der Waals surface area contributed by atoms with Crippen LogP contribution in [0.25, 0.3) is 22.3 Å². The van der Waals surface area contributed by atoms with Gasteiger partial charge in [-0.2, -0.15) is 0 Å². The van der Waals surface area contributed by atoms with Crippen molar-refractivity contribution in [1.82, 2.24) is 14.5 Å². The zero-order chi connectivity index (χ0) is 19.7. The lowest BCUT2D eigenvalue weighted by atomic mass is 10.1. The first-order chi connectivity index (χ1) is 13.5. The van der Waals surface area contributed by atoms with Crippen molar-refractivity contribution in [3.8, 4) is 11.4 Å². The third kappa shape index (κ3) is 3.32. The van der Waals surface area contributed by atoms with E-state index in [9.17, 15) is 9.59 Å². The minimum atomic E-state index is -0.369. The Balaban J connectivity index is 1.87. The summed E-state index contributed by atoms with van der Waals surface area (Å²) in [5, 5.41) is 3.13. The van der Waals surface area contributed by atoms with Crippen molar-refractivity contribution in [2.75, 3.05) is 5.32 Å². The Kier molecular flexibility index (Phi) is 4.75. The molecular weight excluding hydrogens is 420 g/mol. The number of carbonyl (C=O) groups is 1. The van der Waals surface area contributed by atoms with Crippen LogP contribution in [0, 0.1) is 0 Å². The van der Waals surface area contributed by atoms with Gasteiger partial charge < -0.3 is 5.32 Å². The molecule has 28 heavy (non-hydrogen) atoms. The van der Waals surface area contributed by atoms with E-state index in [4.69, 9.17) is 0 Å². The summed E-state index contributed by atoms with van der Waals surface area (Å²) >= 11 is 3.41. The van der Waals surface area contributed by atoms with E-state index in [1.165, 1.54) is 4.57 Å². The summed E-state index contributed by atoms with van der Waals surface area (Å²) in [6.07, 6.45) is 1.60. The highest BCUT2D eigenvalue weighted by molar-refractivity contribution is 9.10. The number of nitrogens with zero attached hydrogens (tertiary/aromatic N) is 3. The Hall–Kier alpha value is -3.32. The van der Waals surface area contributed by atoms with Crippen molar-refractivity contribution < 1.29 is 4.79 Å². The molecule has 0 aliphatic carbocycles. The maximum absolute atomic E-state index is 12.9. The second-order valence-corrected chi connectivity index (χ2v) is 7.09. The quantitative estimate of drug-likeness (QED) is 0.528. The van der Waals surface area contributed by atoms with Gasteiger partial charge in [-0.25, -0.2) is 9.97 Å². The van der Waals surface area contributed by atoms with Crippen molar-refractivity contribution in [3.63, 3.8) is 0 Å². The molecule has 0 unspecified atom stereocenters. The molecule has 0 radical (unpaired) electrons. The predicted octanol–water partition coefficient (Wildman–Crippen LogP) is 4.01. The van der Waals surface area contributed by atoms with E-state index in [2.05, 4.69) is 31.2 Å². The van der Waals surface area contributed by atoms with Crippen LogP contribution in [-0.4, -0.2) is 20.4 Å². The highest BCUT2D eigenvalue weighted by Crippen LogP contribution is 2.22. The van der Waals surface area contributed by atoms with E-state index in [-0.39, 0.29) is 11.5 Å². The van der Waals surface area contributed by atoms with E-state index in [0.29, 0.717) is 28.1 Å². The zero-order valence-electron chi connectivity index (χ0n) is 14.9. The predicted molar refractivity (Wildman–Crippen MR) is 112 cm³/mol. The molecule has 0 fully saturated rings. The molecule has 4 aromatic rings. The molecule has 0 saturated carbocycles. The van der Waals surface area contributed by atoms with Crippen LogP contribution >= 0.6 is 15.9 Å². The third-order valence-corrected chi connectivity index (χ3v) is 4.89. The average Bonchev–Trinajstić information content (AvgIpc) is 2.71. The van der Waals surface area contributed by atoms with Gasteiger partial charge in [-0.15, -0.1) is 0 Å². The molecule has 0 aliphatic heterocycles. The lowest BCUT2D eigenvalue weighted by Crippen LogP contribution is -2.22. The number of anilines is 1. The van der Waals surface area contributed by atoms with Crippen LogP contribution in [0.2, 0.25) is 0 Å². The zero-order valence-corrected chi connectivity index (χ0v) is 16.5. The van der Waals surface area contributed by atoms with Crippen LogP contribution in [0.5, 0.6) is 0 Å². The number of benzene rings is 2. The van der Waals surface area contributed by atoms with Crippen LogP contribution in [0.15, 0.2) is 76.1 Å². The molecule has 4 rings (SSSR count). The molecular formula is C21H15BrN4O2. The van der Waals surface area contributed by atoms with Crippen LogP contribution < -0.4 is 10.9 Å². The number of halogens is 1. The van der Waals surface area contributed by atoms with Gasteiger partial charge in [-0.3, -0.25) is 14.2 Å². The number of pyridine rings is 1. The summed E-state index contributed by atoms with van der Waals surface area (Å²) in [6, 6.07) is 17.8. The van der Waals surface area contributed by atoms with Gasteiger partial charge in [0.2, 0.25) is 0 Å². The first kappa shape index (κ1) is 18.1. The van der Waals surface area contributed by atoms with E-state index in [1.54, 1.807) is 49.6 Å². The van der Waals surface area contributed by atoms with Crippen molar-refractivity contribution in [2.24, 2.45) is 7.05 Å². The minimum Gasteiger partial charge on any atom is -0.306 e. The highest BCUT2D eigenvalue weighted by Gasteiger charge is 2.17. The lowest BCUT2D eigenvalue weighted by Gasteiger charge is -2.12. The van der Waals surface area contributed by atoms with Gasteiger partial charge in [0.05, 0.1) is 16.5 Å². The molecule has 1 amide bonds. The monoisotopic (exact) mass is 434 g/mol. The Morgan fingerprint density at radius 1 is 1.04 bits per heavy atom. The number of para-hydroxylation sites is 1. The smallest absolute Gasteiger partial charge is 0.261 e. The second kappa shape index (κ2) is 7.36. The molecule has 138 valence electrons. The van der Waals surface area contributed by atoms with Gasteiger partial charge >= 0.3 is 0 Å². The van der Waals surface area contributed by atoms with E-state index in [1.807, 2.05) is 24.3 Å². The third-order valence-electron chi connectivity index (χ3n) is 4.36. The molecule has 0 bridgehead atoms. The summed E-state index contributed by atoms with van der Waals surface area (Å²) in [4.78, 5) is 34.5. The lowest BCUT2D eigenvalue weighted by molar-refractivity contribution is 0.102. The summed E-state index contributed by atoms with van der Waals surface area (Å²) < 4.78 is 2.42. The molecule has 7 heteroatoms. The van der Waals surface area contributed by atoms with Crippen molar-refractivity contribution in [2.45, 2.75) is 0 Å². The van der Waals surface area contributed by atoms with Gasteiger partial charge in [0.1, 0.15) is 11.6 Å². The van der Waals surface area contributed by atoms with Gasteiger partial charge in [0.25, 0.3) is 11.5 Å². The molecule has 1 N–H and O–H groups in total. The highest BCUT2D eigenvalue weighted by atomic mass is 79.9. The summed E-state index contributed by atoms with van der Waals surface area (Å²) in [5.74, 6) is 0.552. The molecule has 2 heterocycles. The molecule has 2 aromatic heterocycles. The first-order valence-electron chi connectivity index (χ1n) is 8.52. The largest absolute Gasteiger partial charge is 0.306 e. The van der Waals surface area contributed by atoms with Crippen molar-refractivity contribution in [3.05, 3.63) is 87.3 Å². The van der Waals surface area contributed by atoms with Crippen LogP contribution in [0.4, 0.5) is 5.82 Å². The number of amides is 1. The SMILES string of the molecule is Cn1c(-c2ccc(Br)cc2)nc2c(C(=O)Nc3ccccn3)cccc2c1=O. The van der Waals surface area contributed by atoms with Crippen molar-refractivity contribution in [1.29, 1.82) is 0 Å². The fraction of sp³-hybridized carbons (Fsp3) is 0.0476. The standard InChI is InChI=1S/C21H15BrN4O2/c1-26-19(13-8-10-14(22)11-9-13)25-18-15(5-4-6-16(18)21(26)28)20(27)24-17-7-2-3-12-23-17/h2-12H,1H3,(H,23,24,27). The van der Waals surface area contributed by atoms with Gasteiger partial charge in [0.15, 0.2) is 0 Å². The Labute approximate surface area is 169 Å². The number of rotatable bonds is 3. The fourth-order valence-electron chi connectivity index (χ4n) is 2.96. The van der Waals surface area contributed by atoms with Crippen LogP contribution in [-0.2, 0) is 7.05 Å². The summed E-state index contributed by atoms with van der Waals surface area (Å²) in [5.41, 5.74) is 1.25. The number of hydrogen-bond donors (Lipinski definition) is 1. The van der Waals surface area contributed by atoms with Gasteiger partial charge in [-0.05, 0) is 36.4 Å². The average molecular weight is 435 g/mol.